The molecule has 0 saturated heterocycles. The minimum absolute atomic E-state index is 0.940. The zero-order chi connectivity index (χ0) is 13.8. The Morgan fingerprint density at radius 3 is 2.95 bits per heavy atom. The molecule has 20 heavy (non-hydrogen) atoms. The second-order valence-electron chi connectivity index (χ2n) is 4.46. The van der Waals surface area contributed by atoms with Gasteiger partial charge in [0.25, 0.3) is 0 Å². The summed E-state index contributed by atoms with van der Waals surface area (Å²) in [5.41, 5.74) is 1.01. The lowest BCUT2D eigenvalue weighted by molar-refractivity contribution is 0.937. The molecule has 0 fully saturated rings. The van der Waals surface area contributed by atoms with E-state index in [0.29, 0.717) is 0 Å². The van der Waals surface area contributed by atoms with Gasteiger partial charge in [0.15, 0.2) is 0 Å². The van der Waals surface area contributed by atoms with Crippen LogP contribution in [0.3, 0.4) is 0 Å². The summed E-state index contributed by atoms with van der Waals surface area (Å²) in [7, 11) is 0. The van der Waals surface area contributed by atoms with Crippen molar-refractivity contribution in [3.05, 3.63) is 42.2 Å². The summed E-state index contributed by atoms with van der Waals surface area (Å²) >= 11 is 3.49. The van der Waals surface area contributed by atoms with Gasteiger partial charge >= 0.3 is 0 Å². The molecule has 104 valence electrons. The molecular weight excluding hydrogens is 288 g/mol. The van der Waals surface area contributed by atoms with Crippen molar-refractivity contribution in [3.63, 3.8) is 0 Å². The van der Waals surface area contributed by atoms with Crippen molar-refractivity contribution in [1.82, 2.24) is 14.6 Å². The molecule has 0 bridgehead atoms. The number of anilines is 1. The molecule has 1 N–H and O–H groups in total. The fourth-order valence-electron chi connectivity index (χ4n) is 1.85. The largest absolute Gasteiger partial charge is 0.360 e. The maximum Gasteiger partial charge on any atom is 0.214 e. The lowest BCUT2D eigenvalue weighted by atomic mass is 10.4. The molecule has 1 aromatic carbocycles. The summed E-state index contributed by atoms with van der Waals surface area (Å²) in [6, 6.07) is 10.5. The molecule has 0 atom stereocenters. The molecule has 0 spiro atoms. The molecule has 2 heterocycles. The number of benzene rings is 1. The number of imidazole rings is 1. The van der Waals surface area contributed by atoms with Crippen LogP contribution in [0.25, 0.3) is 4.96 Å². The molecule has 4 nitrogen and oxygen atoms in total. The Hall–Kier alpha value is -1.53. The van der Waals surface area contributed by atoms with E-state index in [1.165, 1.54) is 4.90 Å². The van der Waals surface area contributed by atoms with Gasteiger partial charge in [0.2, 0.25) is 10.1 Å². The van der Waals surface area contributed by atoms with Crippen LogP contribution >= 0.6 is 23.1 Å². The summed E-state index contributed by atoms with van der Waals surface area (Å²) in [5.74, 6) is 1.11. The molecule has 0 unspecified atom stereocenters. The Morgan fingerprint density at radius 1 is 1.30 bits per heavy atom. The summed E-state index contributed by atoms with van der Waals surface area (Å²) in [6.07, 6.45) is 3.06. The summed E-state index contributed by atoms with van der Waals surface area (Å²) in [6.45, 7) is 2.92. The van der Waals surface area contributed by atoms with Gasteiger partial charge in [0.05, 0.1) is 11.9 Å². The number of nitrogens with one attached hydrogen (secondary N) is 1. The Balaban J connectivity index is 1.42. The summed E-state index contributed by atoms with van der Waals surface area (Å²) in [5, 5.41) is 8.75. The first-order chi connectivity index (χ1) is 9.81. The highest BCUT2D eigenvalue weighted by atomic mass is 32.2. The normalized spacial score (nSPS) is 11.1. The Morgan fingerprint density at radius 2 is 2.15 bits per heavy atom. The molecular formula is C14H16N4S2. The third-order valence-corrected chi connectivity index (χ3v) is 4.75. The number of nitrogens with zero attached hydrogens (tertiary/aromatic N) is 3. The summed E-state index contributed by atoms with van der Waals surface area (Å²) < 4.78 is 1.83. The number of aromatic nitrogens is 3. The van der Waals surface area contributed by atoms with E-state index in [0.717, 1.165) is 34.5 Å². The van der Waals surface area contributed by atoms with Crippen LogP contribution in [0.1, 0.15) is 12.1 Å². The van der Waals surface area contributed by atoms with E-state index >= 15 is 0 Å². The SMILES string of the molecule is Cc1cn2nc(NCCCSc3ccccc3)sc2n1. The second kappa shape index (κ2) is 6.28. The van der Waals surface area contributed by atoms with Crippen molar-refractivity contribution in [2.45, 2.75) is 18.2 Å². The fourth-order valence-corrected chi connectivity index (χ4v) is 3.58. The van der Waals surface area contributed by atoms with Gasteiger partial charge in [-0.3, -0.25) is 0 Å². The van der Waals surface area contributed by atoms with E-state index in [4.69, 9.17) is 0 Å². The number of aryl methyl sites for hydroxylation is 1. The minimum atomic E-state index is 0.940. The molecule has 2 aromatic heterocycles. The molecule has 0 aliphatic rings. The highest BCUT2D eigenvalue weighted by Gasteiger charge is 2.05. The van der Waals surface area contributed by atoms with Gasteiger partial charge in [-0.1, -0.05) is 29.5 Å². The monoisotopic (exact) mass is 304 g/mol. The van der Waals surface area contributed by atoms with Gasteiger partial charge in [-0.15, -0.1) is 16.9 Å². The van der Waals surface area contributed by atoms with Crippen LogP contribution in [-0.4, -0.2) is 26.9 Å². The average molecular weight is 304 g/mol. The second-order valence-corrected chi connectivity index (χ2v) is 6.58. The van der Waals surface area contributed by atoms with Gasteiger partial charge in [-0.25, -0.2) is 9.50 Å². The van der Waals surface area contributed by atoms with Crippen molar-refractivity contribution in [3.8, 4) is 0 Å². The topological polar surface area (TPSA) is 42.2 Å². The Kier molecular flexibility index (Phi) is 4.22. The quantitative estimate of drug-likeness (QED) is 0.557. The molecule has 0 amide bonds. The third kappa shape index (κ3) is 3.32. The molecule has 0 aliphatic heterocycles. The van der Waals surface area contributed by atoms with Crippen molar-refractivity contribution >= 4 is 33.2 Å². The fraction of sp³-hybridized carbons (Fsp3) is 0.286. The van der Waals surface area contributed by atoms with Gasteiger partial charge in [-0.05, 0) is 31.2 Å². The molecule has 0 aliphatic carbocycles. The lowest BCUT2D eigenvalue weighted by Crippen LogP contribution is -2.02. The van der Waals surface area contributed by atoms with Crippen molar-refractivity contribution in [2.24, 2.45) is 0 Å². The van der Waals surface area contributed by atoms with Crippen molar-refractivity contribution in [1.29, 1.82) is 0 Å². The zero-order valence-electron chi connectivity index (χ0n) is 11.2. The van der Waals surface area contributed by atoms with Crippen LogP contribution in [0.5, 0.6) is 0 Å². The molecule has 0 radical (unpaired) electrons. The highest BCUT2D eigenvalue weighted by Crippen LogP contribution is 2.20. The van der Waals surface area contributed by atoms with E-state index in [9.17, 15) is 0 Å². The van der Waals surface area contributed by atoms with E-state index in [2.05, 4.69) is 39.7 Å². The first-order valence-corrected chi connectivity index (χ1v) is 8.36. The number of fused-ring (bicyclic) bond motifs is 1. The third-order valence-electron chi connectivity index (χ3n) is 2.77. The van der Waals surface area contributed by atoms with Gasteiger partial charge in [-0.2, -0.15) is 0 Å². The first kappa shape index (κ1) is 13.5. The number of thioether (sulfide) groups is 1. The number of hydrogen-bond acceptors (Lipinski definition) is 5. The van der Waals surface area contributed by atoms with Gasteiger partial charge in [0, 0.05) is 11.4 Å². The molecule has 3 aromatic rings. The van der Waals surface area contributed by atoms with Crippen LogP contribution in [0.15, 0.2) is 41.4 Å². The summed E-state index contributed by atoms with van der Waals surface area (Å²) in [4.78, 5) is 6.67. The van der Waals surface area contributed by atoms with Crippen LogP contribution < -0.4 is 5.32 Å². The van der Waals surface area contributed by atoms with E-state index < -0.39 is 0 Å². The smallest absolute Gasteiger partial charge is 0.214 e. The average Bonchev–Trinajstić information content (AvgIpc) is 2.96. The van der Waals surface area contributed by atoms with Crippen LogP contribution in [-0.2, 0) is 0 Å². The predicted octanol–water partition coefficient (Wildman–Crippen LogP) is 3.69. The standard InChI is InChI=1S/C14H16N4S2/c1-11-10-18-14(16-11)20-13(17-18)15-8-5-9-19-12-6-3-2-4-7-12/h2-4,6-7,10H,5,8-9H2,1H3,(H,15,17). The van der Waals surface area contributed by atoms with Crippen LogP contribution in [0.4, 0.5) is 5.13 Å². The van der Waals surface area contributed by atoms with Crippen LogP contribution in [0, 0.1) is 6.92 Å². The first-order valence-electron chi connectivity index (χ1n) is 6.56. The van der Waals surface area contributed by atoms with E-state index in [-0.39, 0.29) is 0 Å². The minimum Gasteiger partial charge on any atom is -0.360 e. The predicted molar refractivity (Wildman–Crippen MR) is 85.9 cm³/mol. The molecule has 3 rings (SSSR count). The van der Waals surface area contributed by atoms with Gasteiger partial charge in [0.1, 0.15) is 0 Å². The van der Waals surface area contributed by atoms with E-state index in [1.807, 2.05) is 35.5 Å². The Labute approximate surface area is 126 Å². The van der Waals surface area contributed by atoms with Crippen molar-refractivity contribution < 1.29 is 0 Å². The molecule has 0 saturated carbocycles. The Bertz CT molecular complexity index is 643. The molecule has 6 heteroatoms. The van der Waals surface area contributed by atoms with Crippen LogP contribution in [0.2, 0.25) is 0 Å². The van der Waals surface area contributed by atoms with Gasteiger partial charge < -0.3 is 5.32 Å². The maximum atomic E-state index is 4.44. The zero-order valence-corrected chi connectivity index (χ0v) is 12.9. The highest BCUT2D eigenvalue weighted by molar-refractivity contribution is 7.99. The maximum absolute atomic E-state index is 4.44. The number of rotatable bonds is 6. The number of hydrogen-bond donors (Lipinski definition) is 1. The van der Waals surface area contributed by atoms with E-state index in [1.54, 1.807) is 11.3 Å². The van der Waals surface area contributed by atoms with Crippen molar-refractivity contribution in [2.75, 3.05) is 17.6 Å². The lowest BCUT2D eigenvalue weighted by Gasteiger charge is -2.02.